The van der Waals surface area contributed by atoms with Crippen LogP contribution in [0.1, 0.15) is 0 Å². The van der Waals surface area contributed by atoms with Crippen molar-refractivity contribution in [1.82, 2.24) is 4.57 Å². The maximum Gasteiger partial charge on any atom is 0.0634 e. The fourth-order valence-corrected chi connectivity index (χ4v) is 12.4. The number of nitrogens with zero attached hydrogens (tertiary/aromatic N) is 3. The molecule has 0 aliphatic rings. The summed E-state index contributed by atoms with van der Waals surface area (Å²) in [6.45, 7) is 0. The van der Waals surface area contributed by atoms with Crippen molar-refractivity contribution in [3.05, 3.63) is 285 Å². The first-order valence-corrected chi connectivity index (χ1v) is 26.1. The predicted octanol–water partition coefficient (Wildman–Crippen LogP) is 20.2. The quantitative estimate of drug-likeness (QED) is 0.135. The van der Waals surface area contributed by atoms with Crippen LogP contribution in [0.2, 0.25) is 0 Å². The van der Waals surface area contributed by atoms with E-state index in [0.29, 0.717) is 0 Å². The van der Waals surface area contributed by atoms with Crippen molar-refractivity contribution in [3.8, 4) is 39.1 Å². The molecule has 0 amide bonds. The highest BCUT2D eigenvalue weighted by atomic mass is 32.1. The molecule has 0 saturated carbocycles. The number of thiophene rings is 1. The summed E-state index contributed by atoms with van der Waals surface area (Å²) in [5, 5.41) is 7.46. The predicted molar refractivity (Wildman–Crippen MR) is 317 cm³/mol. The van der Waals surface area contributed by atoms with E-state index in [-0.39, 0.29) is 0 Å². The van der Waals surface area contributed by atoms with E-state index in [1.807, 2.05) is 11.3 Å². The second kappa shape index (κ2) is 18.3. The molecule has 0 saturated heterocycles. The van der Waals surface area contributed by atoms with Gasteiger partial charge in [0.05, 0.1) is 11.0 Å². The number of hydrogen-bond acceptors (Lipinski definition) is 3. The van der Waals surface area contributed by atoms with Crippen LogP contribution in [0, 0.1) is 0 Å². The fraction of sp³-hybridized carbons (Fsp3) is 0. The first-order chi connectivity index (χ1) is 36.7. The number of para-hydroxylation sites is 4. The molecule has 14 aromatic rings. The molecule has 2 heterocycles. The summed E-state index contributed by atoms with van der Waals surface area (Å²) in [6.07, 6.45) is 0. The Bertz CT molecular complexity index is 4330. The van der Waals surface area contributed by atoms with Gasteiger partial charge in [0.2, 0.25) is 0 Å². The van der Waals surface area contributed by atoms with Crippen LogP contribution in [-0.4, -0.2) is 4.57 Å². The number of aromatic nitrogens is 1. The van der Waals surface area contributed by atoms with E-state index in [4.69, 9.17) is 0 Å². The average Bonchev–Trinajstić information content (AvgIpc) is 4.06. The molecule has 348 valence electrons. The normalized spacial score (nSPS) is 11.5. The van der Waals surface area contributed by atoms with Crippen LogP contribution in [-0.2, 0) is 0 Å². The van der Waals surface area contributed by atoms with E-state index in [9.17, 15) is 0 Å². The highest BCUT2D eigenvalue weighted by molar-refractivity contribution is 7.26. The minimum atomic E-state index is 1.05. The molecule has 0 fully saturated rings. The molecule has 0 aliphatic carbocycles. The Morgan fingerprint density at radius 1 is 0.297 bits per heavy atom. The summed E-state index contributed by atoms with van der Waals surface area (Å²) in [4.78, 5) is 4.83. The molecule has 3 nitrogen and oxygen atoms in total. The minimum absolute atomic E-state index is 1.05. The van der Waals surface area contributed by atoms with Gasteiger partial charge < -0.3 is 14.4 Å². The highest BCUT2D eigenvalue weighted by Gasteiger charge is 2.25. The van der Waals surface area contributed by atoms with Gasteiger partial charge in [0.25, 0.3) is 0 Å². The van der Waals surface area contributed by atoms with Gasteiger partial charge in [-0.25, -0.2) is 0 Å². The largest absolute Gasteiger partial charge is 0.310 e. The smallest absolute Gasteiger partial charge is 0.0634 e. The van der Waals surface area contributed by atoms with Gasteiger partial charge in [-0.15, -0.1) is 11.3 Å². The third-order valence-electron chi connectivity index (χ3n) is 14.5. The van der Waals surface area contributed by atoms with Gasteiger partial charge >= 0.3 is 0 Å². The van der Waals surface area contributed by atoms with Gasteiger partial charge in [-0.3, -0.25) is 0 Å². The Balaban J connectivity index is 1.05. The summed E-state index contributed by atoms with van der Waals surface area (Å²) in [7, 11) is 0. The molecule has 0 radical (unpaired) electrons. The van der Waals surface area contributed by atoms with E-state index in [0.717, 1.165) is 45.4 Å². The molecule has 12 aromatic carbocycles. The zero-order valence-corrected chi connectivity index (χ0v) is 41.2. The van der Waals surface area contributed by atoms with Gasteiger partial charge in [-0.05, 0) is 136 Å². The van der Waals surface area contributed by atoms with Crippen molar-refractivity contribution in [2.24, 2.45) is 0 Å². The average molecular weight is 962 g/mol. The van der Waals surface area contributed by atoms with E-state index in [1.165, 1.54) is 80.6 Å². The lowest BCUT2D eigenvalue weighted by atomic mass is 9.96. The molecule has 0 atom stereocenters. The number of benzene rings is 12. The summed E-state index contributed by atoms with van der Waals surface area (Å²) in [5.41, 5.74) is 17.0. The van der Waals surface area contributed by atoms with Crippen LogP contribution >= 0.6 is 11.3 Å². The van der Waals surface area contributed by atoms with E-state index in [1.54, 1.807) is 0 Å². The third-order valence-corrected chi connectivity index (χ3v) is 15.7. The molecule has 74 heavy (non-hydrogen) atoms. The standard InChI is InChI=1S/C70H47N3S/c1-5-20-48(21-6-1)49-36-40-56(41-37-49)71(53-24-7-2-8-25-53)58-44-52(45-59(46-58)72(54-26-9-3-10-27-54)57-42-38-51(39-43-57)61-33-19-23-50-22-13-14-30-60(50)61)64-47-65-62-31-15-17-34-66(62)73(55-28-11-4-12-29-55)69(65)68-63-32-16-18-35-67(63)74-70(64)68/h1-47H. The van der Waals surface area contributed by atoms with Crippen molar-refractivity contribution >= 4 is 98.2 Å². The van der Waals surface area contributed by atoms with Crippen molar-refractivity contribution < 1.29 is 0 Å². The Morgan fingerprint density at radius 2 is 0.797 bits per heavy atom. The number of rotatable bonds is 10. The molecular formula is C70H47N3S. The second-order valence-electron chi connectivity index (χ2n) is 18.9. The minimum Gasteiger partial charge on any atom is -0.310 e. The molecule has 0 N–H and O–H groups in total. The Morgan fingerprint density at radius 3 is 1.46 bits per heavy atom. The summed E-state index contributed by atoms with van der Waals surface area (Å²) in [5.74, 6) is 0. The lowest BCUT2D eigenvalue weighted by molar-refractivity contribution is 1.19. The highest BCUT2D eigenvalue weighted by Crippen LogP contribution is 2.50. The summed E-state index contributed by atoms with van der Waals surface area (Å²) < 4.78 is 5.00. The van der Waals surface area contributed by atoms with Crippen LogP contribution in [0.3, 0.4) is 0 Å². The first kappa shape index (κ1) is 43.3. The molecule has 14 rings (SSSR count). The maximum atomic E-state index is 2.48. The lowest BCUT2D eigenvalue weighted by Gasteiger charge is -2.30. The molecule has 4 heteroatoms. The molecule has 0 bridgehead atoms. The zero-order valence-electron chi connectivity index (χ0n) is 40.4. The van der Waals surface area contributed by atoms with E-state index < -0.39 is 0 Å². The van der Waals surface area contributed by atoms with Crippen molar-refractivity contribution in [2.45, 2.75) is 0 Å². The zero-order chi connectivity index (χ0) is 49.0. The molecule has 0 unspecified atom stereocenters. The van der Waals surface area contributed by atoms with Gasteiger partial charge in [0.1, 0.15) is 0 Å². The molecule has 2 aromatic heterocycles. The van der Waals surface area contributed by atoms with Gasteiger partial charge in [0, 0.05) is 76.3 Å². The Labute approximate surface area is 434 Å². The van der Waals surface area contributed by atoms with Gasteiger partial charge in [0.15, 0.2) is 0 Å². The Kier molecular flexibility index (Phi) is 10.7. The summed E-state index contributed by atoms with van der Waals surface area (Å²) >= 11 is 1.88. The SMILES string of the molecule is c1ccc(-c2ccc(N(c3ccccc3)c3cc(-c4cc5c6ccccc6n(-c6ccccc6)c5c5c4sc4ccccc45)cc(N(c4ccccc4)c4ccc(-c5cccc6ccccc56)cc4)c3)cc2)cc1. The topological polar surface area (TPSA) is 11.4 Å². The number of anilines is 6. The van der Waals surface area contributed by atoms with Crippen molar-refractivity contribution in [1.29, 1.82) is 0 Å². The van der Waals surface area contributed by atoms with Crippen LogP contribution < -0.4 is 9.80 Å². The second-order valence-corrected chi connectivity index (χ2v) is 19.9. The van der Waals surface area contributed by atoms with Gasteiger partial charge in [-0.1, -0.05) is 188 Å². The molecular weight excluding hydrogens is 915 g/mol. The molecule has 0 spiro atoms. The number of fused-ring (bicyclic) bond motifs is 8. The van der Waals surface area contributed by atoms with E-state index in [2.05, 4.69) is 299 Å². The number of hydrogen-bond donors (Lipinski definition) is 0. The van der Waals surface area contributed by atoms with Crippen LogP contribution in [0.25, 0.3) is 91.8 Å². The van der Waals surface area contributed by atoms with Crippen LogP contribution in [0.15, 0.2) is 285 Å². The molecule has 0 aliphatic heterocycles. The van der Waals surface area contributed by atoms with Crippen LogP contribution in [0.4, 0.5) is 34.1 Å². The van der Waals surface area contributed by atoms with Crippen molar-refractivity contribution in [3.63, 3.8) is 0 Å². The lowest BCUT2D eigenvalue weighted by Crippen LogP contribution is -2.13. The maximum absolute atomic E-state index is 2.48. The van der Waals surface area contributed by atoms with E-state index >= 15 is 0 Å². The third kappa shape index (κ3) is 7.51. The first-order valence-electron chi connectivity index (χ1n) is 25.2. The van der Waals surface area contributed by atoms with Gasteiger partial charge in [-0.2, -0.15) is 0 Å². The monoisotopic (exact) mass is 961 g/mol. The van der Waals surface area contributed by atoms with Crippen molar-refractivity contribution in [2.75, 3.05) is 9.80 Å². The summed E-state index contributed by atoms with van der Waals surface area (Å²) in [6, 6.07) is 104. The fourth-order valence-electron chi connectivity index (χ4n) is 11.2. The van der Waals surface area contributed by atoms with Crippen LogP contribution in [0.5, 0.6) is 0 Å². The Hall–Kier alpha value is -9.48.